The third kappa shape index (κ3) is 6.91. The second kappa shape index (κ2) is 15.0. The van der Waals surface area contributed by atoms with Crippen molar-refractivity contribution in [3.05, 3.63) is 175 Å². The molecule has 0 aromatic heterocycles. The number of aromatic hydroxyl groups is 1. The Hall–Kier alpha value is -6.18. The number of phenolic OH excluding ortho intramolecular Hbond substituents is 1. The number of ether oxygens (including phenoxy) is 3. The van der Waals surface area contributed by atoms with E-state index in [0.29, 0.717) is 33.6 Å². The zero-order valence-corrected chi connectivity index (χ0v) is 27.9. The molecular weight excluding hydrogens is 694 g/mol. The van der Waals surface area contributed by atoms with Crippen LogP contribution in [0.1, 0.15) is 0 Å². The van der Waals surface area contributed by atoms with Crippen molar-refractivity contribution in [2.24, 2.45) is 0 Å². The van der Waals surface area contributed by atoms with Gasteiger partial charge in [0.25, 0.3) is 0 Å². The lowest BCUT2D eigenvalue weighted by Gasteiger charge is -2.22. The average Bonchev–Trinajstić information content (AvgIpc) is 3.17. The maximum Gasteiger partial charge on any atom is 0.200 e. The molecule has 0 bridgehead atoms. The highest BCUT2D eigenvalue weighted by atomic mass is 31.1. The maximum atomic E-state index is 15.3. The number of para-hydroxylation sites is 4. The van der Waals surface area contributed by atoms with Crippen LogP contribution in [0.2, 0.25) is 0 Å². The fourth-order valence-electron chi connectivity index (χ4n) is 5.57. The number of benzene rings is 7. The van der Waals surface area contributed by atoms with Crippen LogP contribution in [0, 0.1) is 29.1 Å². The van der Waals surface area contributed by atoms with Gasteiger partial charge in [-0.3, -0.25) is 0 Å². The molecule has 0 radical (unpaired) electrons. The molecule has 7 aromatic rings. The minimum Gasteiger partial charge on any atom is -0.507 e. The van der Waals surface area contributed by atoms with Gasteiger partial charge in [-0.2, -0.15) is 0 Å². The molecule has 1 N–H and O–H groups in total. The van der Waals surface area contributed by atoms with Gasteiger partial charge in [0.2, 0.25) is 5.82 Å². The molecule has 0 aliphatic carbocycles. The average molecular weight is 721 g/mol. The van der Waals surface area contributed by atoms with Crippen LogP contribution >= 0.6 is 8.58 Å². The SMILES string of the molecule is Oc1c(-c2c(F)c(F)c(F)c(F)c2F)ccc(Pc2ccccc2Oc2ccccc2)c1-c1c(Oc2ccccc2)cccc1Oc1ccccc1. The summed E-state index contributed by atoms with van der Waals surface area (Å²) >= 11 is 0. The smallest absolute Gasteiger partial charge is 0.200 e. The van der Waals surface area contributed by atoms with E-state index in [0.717, 1.165) is 6.07 Å². The van der Waals surface area contributed by atoms with Crippen molar-refractivity contribution in [1.29, 1.82) is 0 Å². The van der Waals surface area contributed by atoms with Crippen LogP contribution in [0.4, 0.5) is 22.0 Å². The van der Waals surface area contributed by atoms with Crippen molar-refractivity contribution in [3.63, 3.8) is 0 Å². The van der Waals surface area contributed by atoms with Gasteiger partial charge in [0.15, 0.2) is 23.3 Å². The molecule has 52 heavy (non-hydrogen) atoms. The molecule has 0 heterocycles. The normalized spacial score (nSPS) is 11.2. The van der Waals surface area contributed by atoms with E-state index in [9.17, 15) is 18.3 Å². The van der Waals surface area contributed by atoms with E-state index in [-0.39, 0.29) is 31.2 Å². The molecule has 258 valence electrons. The van der Waals surface area contributed by atoms with E-state index >= 15 is 8.78 Å². The quantitative estimate of drug-likeness (QED) is 0.0661. The maximum absolute atomic E-state index is 15.3. The van der Waals surface area contributed by atoms with Crippen LogP contribution in [0.15, 0.2) is 146 Å². The minimum absolute atomic E-state index is 0.0215. The van der Waals surface area contributed by atoms with Gasteiger partial charge >= 0.3 is 0 Å². The molecule has 0 aliphatic heterocycles. The van der Waals surface area contributed by atoms with Crippen LogP contribution in [0.3, 0.4) is 0 Å². The second-order valence-electron chi connectivity index (χ2n) is 11.3. The lowest BCUT2D eigenvalue weighted by atomic mass is 9.95. The molecule has 10 heteroatoms. The highest BCUT2D eigenvalue weighted by Crippen LogP contribution is 2.49. The topological polar surface area (TPSA) is 47.9 Å². The first-order chi connectivity index (χ1) is 25.3. The van der Waals surface area contributed by atoms with E-state index in [2.05, 4.69) is 0 Å². The zero-order chi connectivity index (χ0) is 36.2. The van der Waals surface area contributed by atoms with Gasteiger partial charge in [-0.25, -0.2) is 22.0 Å². The van der Waals surface area contributed by atoms with E-state index in [1.165, 1.54) is 6.07 Å². The number of phenols is 1. The van der Waals surface area contributed by atoms with Gasteiger partial charge in [-0.15, -0.1) is 0 Å². The number of rotatable bonds is 10. The molecular formula is C42H26F5O4P. The van der Waals surface area contributed by atoms with E-state index in [1.807, 2.05) is 24.3 Å². The van der Waals surface area contributed by atoms with Crippen LogP contribution in [-0.4, -0.2) is 5.11 Å². The molecule has 1 unspecified atom stereocenters. The number of hydrogen-bond donors (Lipinski definition) is 1. The molecule has 0 fully saturated rings. The molecule has 0 saturated heterocycles. The van der Waals surface area contributed by atoms with Crippen LogP contribution in [0.25, 0.3) is 22.3 Å². The van der Waals surface area contributed by atoms with Gasteiger partial charge < -0.3 is 19.3 Å². The Labute approximate surface area is 297 Å². The molecule has 7 aromatic carbocycles. The summed E-state index contributed by atoms with van der Waals surface area (Å²) in [5.74, 6) is -9.31. The zero-order valence-electron chi connectivity index (χ0n) is 26.9. The van der Waals surface area contributed by atoms with Crippen molar-refractivity contribution in [1.82, 2.24) is 0 Å². The summed E-state index contributed by atoms with van der Waals surface area (Å²) < 4.78 is 92.8. The predicted octanol–water partition coefficient (Wildman–Crippen LogP) is 11.4. The van der Waals surface area contributed by atoms with Gasteiger partial charge in [0, 0.05) is 16.4 Å². The van der Waals surface area contributed by atoms with Gasteiger partial charge in [-0.05, 0) is 66.0 Å². The minimum atomic E-state index is -2.31. The highest BCUT2D eigenvalue weighted by Gasteiger charge is 2.31. The van der Waals surface area contributed by atoms with Crippen LogP contribution in [0.5, 0.6) is 40.2 Å². The first kappa shape index (κ1) is 34.3. The summed E-state index contributed by atoms with van der Waals surface area (Å²) in [6.07, 6.45) is 0. The highest BCUT2D eigenvalue weighted by molar-refractivity contribution is 7.56. The van der Waals surface area contributed by atoms with Crippen molar-refractivity contribution in [2.45, 2.75) is 0 Å². The van der Waals surface area contributed by atoms with Crippen molar-refractivity contribution < 1.29 is 41.3 Å². The predicted molar refractivity (Wildman–Crippen MR) is 192 cm³/mol. The summed E-state index contributed by atoms with van der Waals surface area (Å²) in [6.45, 7) is 0. The van der Waals surface area contributed by atoms with Gasteiger partial charge in [0.1, 0.15) is 40.2 Å². The lowest BCUT2D eigenvalue weighted by molar-refractivity contribution is 0.380. The standard InChI is InChI=1S/C42H26F5O4P/c43-37-34(38(44)40(46)41(47)39(37)45)28-23-24-33(52-32-22-11-10-19-29(32)49-25-13-4-1-5-14-25)36(42(28)48)35-30(50-26-15-6-2-7-16-26)20-12-21-31(35)51-27-17-8-3-9-18-27/h1-24,48,52H. The molecule has 0 saturated carbocycles. The Morgan fingerprint density at radius 3 is 1.31 bits per heavy atom. The third-order valence-corrected chi connectivity index (χ3v) is 9.33. The largest absolute Gasteiger partial charge is 0.507 e. The van der Waals surface area contributed by atoms with Crippen molar-refractivity contribution in [3.8, 4) is 62.5 Å². The Bertz CT molecular complexity index is 2290. The molecule has 1 atom stereocenters. The van der Waals surface area contributed by atoms with Crippen LogP contribution in [-0.2, 0) is 0 Å². The molecule has 7 rings (SSSR count). The third-order valence-electron chi connectivity index (χ3n) is 7.96. The first-order valence-corrected chi connectivity index (χ1v) is 16.9. The van der Waals surface area contributed by atoms with E-state index in [4.69, 9.17) is 14.2 Å². The lowest BCUT2D eigenvalue weighted by Crippen LogP contribution is -2.11. The van der Waals surface area contributed by atoms with Crippen LogP contribution < -0.4 is 24.8 Å². The van der Waals surface area contributed by atoms with Gasteiger partial charge in [-0.1, -0.05) is 93.5 Å². The first-order valence-electron chi connectivity index (χ1n) is 15.9. The number of halogens is 5. The molecule has 4 nitrogen and oxygen atoms in total. The van der Waals surface area contributed by atoms with Crippen molar-refractivity contribution in [2.75, 3.05) is 0 Å². The monoisotopic (exact) mass is 720 g/mol. The number of hydrogen-bond acceptors (Lipinski definition) is 4. The summed E-state index contributed by atoms with van der Waals surface area (Å²) in [6, 6.07) is 41.2. The fraction of sp³-hybridized carbons (Fsp3) is 0. The van der Waals surface area contributed by atoms with E-state index in [1.54, 1.807) is 109 Å². The van der Waals surface area contributed by atoms with Gasteiger partial charge in [0.05, 0.1) is 11.1 Å². The fourth-order valence-corrected chi connectivity index (χ4v) is 6.83. The summed E-state index contributed by atoms with van der Waals surface area (Å²) in [5.41, 5.74) is -1.79. The Kier molecular flexibility index (Phi) is 9.87. The van der Waals surface area contributed by atoms with Crippen molar-refractivity contribution >= 4 is 19.2 Å². The Balaban J connectivity index is 1.49. The Morgan fingerprint density at radius 1 is 0.365 bits per heavy atom. The summed E-state index contributed by atoms with van der Waals surface area (Å²) in [4.78, 5) is 0. The van der Waals surface area contributed by atoms with E-state index < -0.39 is 46.0 Å². The summed E-state index contributed by atoms with van der Waals surface area (Å²) in [5, 5.41) is 13.2. The molecule has 0 spiro atoms. The Morgan fingerprint density at radius 2 is 0.788 bits per heavy atom. The molecule has 0 amide bonds. The molecule has 0 aliphatic rings. The summed E-state index contributed by atoms with van der Waals surface area (Å²) in [7, 11) is -0.273. The second-order valence-corrected chi connectivity index (χ2v) is 12.7.